The van der Waals surface area contributed by atoms with Gasteiger partial charge in [0.25, 0.3) is 0 Å². The van der Waals surface area contributed by atoms with Crippen LogP contribution >= 0.6 is 0 Å². The molecule has 2 rings (SSSR count). The highest BCUT2D eigenvalue weighted by Crippen LogP contribution is 2.18. The number of ether oxygens (including phenoxy) is 3. The van der Waals surface area contributed by atoms with Gasteiger partial charge >= 0.3 is 0 Å². The number of hydrogen-bond acceptors (Lipinski definition) is 4. The van der Waals surface area contributed by atoms with Crippen LogP contribution in [-0.4, -0.2) is 75.7 Å². The molecule has 0 aliphatic carbocycles. The molecule has 6 nitrogen and oxygen atoms in total. The van der Waals surface area contributed by atoms with Crippen molar-refractivity contribution >= 4 is 5.96 Å². The number of nitrogens with one attached hydrogen (secondary N) is 1. The van der Waals surface area contributed by atoms with E-state index in [1.54, 1.807) is 0 Å². The molecule has 2 aliphatic heterocycles. The predicted molar refractivity (Wildman–Crippen MR) is 110 cm³/mol. The van der Waals surface area contributed by atoms with E-state index in [-0.39, 0.29) is 0 Å². The van der Waals surface area contributed by atoms with Gasteiger partial charge in [0.2, 0.25) is 0 Å². The lowest BCUT2D eigenvalue weighted by atomic mass is 10.1. The van der Waals surface area contributed by atoms with Crippen LogP contribution in [0.5, 0.6) is 0 Å². The second-order valence-corrected chi connectivity index (χ2v) is 8.07. The highest BCUT2D eigenvalue weighted by atomic mass is 16.5. The van der Waals surface area contributed by atoms with Gasteiger partial charge in [-0.15, -0.1) is 0 Å². The van der Waals surface area contributed by atoms with Crippen molar-refractivity contribution < 1.29 is 14.2 Å². The molecule has 2 heterocycles. The first-order chi connectivity index (χ1) is 13.2. The molecule has 1 unspecified atom stereocenters. The zero-order valence-electron chi connectivity index (χ0n) is 17.8. The Bertz CT molecular complexity index is 403. The summed E-state index contributed by atoms with van der Waals surface area (Å²) in [6.07, 6.45) is 7.40. The first-order valence-corrected chi connectivity index (χ1v) is 11.0. The van der Waals surface area contributed by atoms with E-state index in [1.165, 1.54) is 12.8 Å². The first kappa shape index (κ1) is 22.4. The Morgan fingerprint density at radius 2 is 2.04 bits per heavy atom. The van der Waals surface area contributed by atoms with Gasteiger partial charge in [0.15, 0.2) is 5.96 Å². The van der Waals surface area contributed by atoms with Crippen LogP contribution in [0.3, 0.4) is 0 Å². The molecule has 27 heavy (non-hydrogen) atoms. The zero-order valence-corrected chi connectivity index (χ0v) is 17.8. The molecule has 0 amide bonds. The zero-order chi connectivity index (χ0) is 19.3. The molecule has 0 spiro atoms. The molecule has 2 fully saturated rings. The van der Waals surface area contributed by atoms with Crippen molar-refractivity contribution in [2.75, 3.05) is 52.6 Å². The van der Waals surface area contributed by atoms with Crippen LogP contribution < -0.4 is 5.32 Å². The molecule has 2 saturated heterocycles. The van der Waals surface area contributed by atoms with Gasteiger partial charge in [0.1, 0.15) is 0 Å². The van der Waals surface area contributed by atoms with Crippen molar-refractivity contribution in [3.8, 4) is 0 Å². The van der Waals surface area contributed by atoms with E-state index in [0.29, 0.717) is 18.1 Å². The molecule has 6 heteroatoms. The van der Waals surface area contributed by atoms with Crippen LogP contribution in [0.25, 0.3) is 0 Å². The second kappa shape index (κ2) is 13.3. The second-order valence-electron chi connectivity index (χ2n) is 8.07. The molecular weight excluding hydrogens is 342 g/mol. The average molecular weight is 384 g/mol. The quantitative estimate of drug-likeness (QED) is 0.357. The van der Waals surface area contributed by atoms with E-state index in [0.717, 1.165) is 84.2 Å². The lowest BCUT2D eigenvalue weighted by Gasteiger charge is -2.35. The van der Waals surface area contributed by atoms with Gasteiger partial charge in [0, 0.05) is 46.0 Å². The average Bonchev–Trinajstić information content (AvgIpc) is 2.69. The van der Waals surface area contributed by atoms with Crippen LogP contribution in [0.2, 0.25) is 0 Å². The Kier molecular flexibility index (Phi) is 11.1. The number of aliphatic imine (C=N–C) groups is 1. The number of guanidine groups is 1. The fourth-order valence-electron chi connectivity index (χ4n) is 3.51. The summed E-state index contributed by atoms with van der Waals surface area (Å²) in [5.41, 5.74) is 0. The van der Waals surface area contributed by atoms with Crippen molar-refractivity contribution in [1.82, 2.24) is 10.2 Å². The summed E-state index contributed by atoms with van der Waals surface area (Å²) in [5, 5.41) is 3.43. The van der Waals surface area contributed by atoms with E-state index in [2.05, 4.69) is 31.0 Å². The van der Waals surface area contributed by atoms with E-state index in [9.17, 15) is 0 Å². The predicted octanol–water partition coefficient (Wildman–Crippen LogP) is 3.06. The first-order valence-electron chi connectivity index (χ1n) is 11.0. The minimum absolute atomic E-state index is 0.313. The number of piperidine rings is 1. The standard InChI is InChI=1S/C21H41N3O3/c1-4-22-21(23-11-7-14-25-16-18(2)3)24-12-9-19(10-13-24)27-17-20-8-5-6-15-26-20/h18-20H,4-17H2,1-3H3,(H,22,23). The third kappa shape index (κ3) is 9.26. The van der Waals surface area contributed by atoms with Crippen molar-refractivity contribution in [2.24, 2.45) is 10.9 Å². The fraction of sp³-hybridized carbons (Fsp3) is 0.952. The normalized spacial score (nSPS) is 22.4. The summed E-state index contributed by atoms with van der Waals surface area (Å²) in [6.45, 7) is 13.5. The number of nitrogens with zero attached hydrogens (tertiary/aromatic N) is 2. The van der Waals surface area contributed by atoms with Crippen LogP contribution in [0.15, 0.2) is 4.99 Å². The number of likely N-dealkylation sites (tertiary alicyclic amines) is 1. The molecule has 0 aromatic heterocycles. The van der Waals surface area contributed by atoms with Crippen LogP contribution in [0, 0.1) is 5.92 Å². The fourth-order valence-corrected chi connectivity index (χ4v) is 3.51. The molecule has 2 aliphatic rings. The number of rotatable bonds is 10. The van der Waals surface area contributed by atoms with Gasteiger partial charge < -0.3 is 24.4 Å². The molecule has 0 saturated carbocycles. The highest BCUT2D eigenvalue weighted by Gasteiger charge is 2.23. The van der Waals surface area contributed by atoms with E-state index in [1.807, 2.05) is 0 Å². The van der Waals surface area contributed by atoms with Crippen LogP contribution in [0.1, 0.15) is 59.3 Å². The van der Waals surface area contributed by atoms with Gasteiger partial charge in [0.05, 0.1) is 18.8 Å². The third-order valence-corrected chi connectivity index (χ3v) is 5.03. The molecule has 1 N–H and O–H groups in total. The topological polar surface area (TPSA) is 55.3 Å². The Balaban J connectivity index is 1.64. The number of hydrogen-bond donors (Lipinski definition) is 1. The maximum absolute atomic E-state index is 6.13. The van der Waals surface area contributed by atoms with Gasteiger partial charge in [-0.3, -0.25) is 4.99 Å². The summed E-state index contributed by atoms with van der Waals surface area (Å²) in [4.78, 5) is 7.16. The summed E-state index contributed by atoms with van der Waals surface area (Å²) in [5.74, 6) is 1.63. The lowest BCUT2D eigenvalue weighted by Crippen LogP contribution is -2.47. The largest absolute Gasteiger partial charge is 0.381 e. The maximum Gasteiger partial charge on any atom is 0.193 e. The van der Waals surface area contributed by atoms with Gasteiger partial charge in [-0.2, -0.15) is 0 Å². The molecule has 0 aromatic carbocycles. The van der Waals surface area contributed by atoms with Gasteiger partial charge in [-0.1, -0.05) is 13.8 Å². The molecule has 0 bridgehead atoms. The van der Waals surface area contributed by atoms with Crippen molar-refractivity contribution in [2.45, 2.75) is 71.5 Å². The van der Waals surface area contributed by atoms with E-state index in [4.69, 9.17) is 19.2 Å². The summed E-state index contributed by atoms with van der Waals surface area (Å²) in [6, 6.07) is 0. The minimum atomic E-state index is 0.313. The smallest absolute Gasteiger partial charge is 0.193 e. The summed E-state index contributed by atoms with van der Waals surface area (Å²) < 4.78 is 17.5. The molecule has 0 radical (unpaired) electrons. The molecule has 0 aromatic rings. The third-order valence-electron chi connectivity index (χ3n) is 5.03. The molecular formula is C21H41N3O3. The Labute approximate surface area is 166 Å². The summed E-state index contributed by atoms with van der Waals surface area (Å²) in [7, 11) is 0. The van der Waals surface area contributed by atoms with Gasteiger partial charge in [-0.25, -0.2) is 0 Å². The van der Waals surface area contributed by atoms with E-state index < -0.39 is 0 Å². The Hall–Kier alpha value is -0.850. The van der Waals surface area contributed by atoms with Crippen molar-refractivity contribution in [3.63, 3.8) is 0 Å². The summed E-state index contributed by atoms with van der Waals surface area (Å²) >= 11 is 0. The monoisotopic (exact) mass is 383 g/mol. The van der Waals surface area contributed by atoms with Crippen molar-refractivity contribution in [3.05, 3.63) is 0 Å². The molecule has 158 valence electrons. The maximum atomic E-state index is 6.13. The highest BCUT2D eigenvalue weighted by molar-refractivity contribution is 5.80. The van der Waals surface area contributed by atoms with Crippen LogP contribution in [-0.2, 0) is 14.2 Å². The minimum Gasteiger partial charge on any atom is -0.381 e. The van der Waals surface area contributed by atoms with Gasteiger partial charge in [-0.05, 0) is 51.4 Å². The van der Waals surface area contributed by atoms with E-state index >= 15 is 0 Å². The van der Waals surface area contributed by atoms with Crippen molar-refractivity contribution in [1.29, 1.82) is 0 Å². The SMILES string of the molecule is CCNC(=NCCCOCC(C)C)N1CCC(OCC2CCCCO2)CC1. The Morgan fingerprint density at radius 3 is 2.70 bits per heavy atom. The lowest BCUT2D eigenvalue weighted by molar-refractivity contribution is -0.0721. The van der Waals surface area contributed by atoms with Crippen LogP contribution in [0.4, 0.5) is 0 Å². The Morgan fingerprint density at radius 1 is 1.22 bits per heavy atom. The molecule has 1 atom stereocenters.